The Kier molecular flexibility index (Phi) is 5.79. The van der Waals surface area contributed by atoms with E-state index in [0.717, 1.165) is 5.56 Å². The van der Waals surface area contributed by atoms with Gasteiger partial charge in [0.25, 0.3) is 6.43 Å². The molecule has 2 amide bonds. The van der Waals surface area contributed by atoms with Crippen molar-refractivity contribution in [1.82, 2.24) is 15.3 Å². The molecule has 0 unspecified atom stereocenters. The standard InChI is InChI=1S/C15H16F2N4O2/c1-10(11-5-7-18-8-6-11)19-15(22)21-13-3-2-4-14(20-13)23-9-12(16)17/h2-8,10,12H,9H2,1H3,(H2,19,20,21,22)/t10-/m1/s1. The number of ether oxygens (including phenoxy) is 1. The quantitative estimate of drug-likeness (QED) is 0.857. The smallest absolute Gasteiger partial charge is 0.320 e. The van der Waals surface area contributed by atoms with Crippen molar-refractivity contribution < 1.29 is 18.3 Å². The van der Waals surface area contributed by atoms with Gasteiger partial charge >= 0.3 is 6.03 Å². The molecule has 0 aliphatic rings. The second-order valence-electron chi connectivity index (χ2n) is 4.66. The Bertz CT molecular complexity index is 640. The van der Waals surface area contributed by atoms with Crippen LogP contribution in [0.3, 0.4) is 0 Å². The van der Waals surface area contributed by atoms with Gasteiger partial charge in [-0.25, -0.2) is 13.6 Å². The lowest BCUT2D eigenvalue weighted by molar-refractivity contribution is 0.0796. The van der Waals surface area contributed by atoms with E-state index in [0.29, 0.717) is 0 Å². The molecule has 0 saturated carbocycles. The number of hydrogen-bond acceptors (Lipinski definition) is 4. The van der Waals surface area contributed by atoms with Crippen LogP contribution in [-0.2, 0) is 0 Å². The van der Waals surface area contributed by atoms with Gasteiger partial charge in [0, 0.05) is 18.5 Å². The average Bonchev–Trinajstić information content (AvgIpc) is 2.54. The van der Waals surface area contributed by atoms with Gasteiger partial charge in [0.15, 0.2) is 6.61 Å². The average molecular weight is 322 g/mol. The van der Waals surface area contributed by atoms with Crippen molar-refractivity contribution in [2.24, 2.45) is 0 Å². The molecule has 1 atom stereocenters. The molecule has 0 bridgehead atoms. The van der Waals surface area contributed by atoms with Gasteiger partial charge in [-0.05, 0) is 30.7 Å². The summed E-state index contributed by atoms with van der Waals surface area (Å²) in [6, 6.07) is 7.42. The van der Waals surface area contributed by atoms with Crippen LogP contribution in [0.25, 0.3) is 0 Å². The summed E-state index contributed by atoms with van der Waals surface area (Å²) < 4.78 is 29.0. The van der Waals surface area contributed by atoms with Gasteiger partial charge < -0.3 is 10.1 Å². The fourth-order valence-corrected chi connectivity index (χ4v) is 1.80. The second kappa shape index (κ2) is 8.02. The number of rotatable bonds is 6. The predicted octanol–water partition coefficient (Wildman–Crippen LogP) is 3.00. The second-order valence-corrected chi connectivity index (χ2v) is 4.66. The van der Waals surface area contributed by atoms with Gasteiger partial charge in [0.1, 0.15) is 5.82 Å². The Labute approximate surface area is 131 Å². The molecular formula is C15H16F2N4O2. The number of nitrogens with one attached hydrogen (secondary N) is 2. The maximum atomic E-state index is 12.1. The number of amides is 2. The van der Waals surface area contributed by atoms with Crippen molar-refractivity contribution in [2.75, 3.05) is 11.9 Å². The first kappa shape index (κ1) is 16.6. The first-order chi connectivity index (χ1) is 11.0. The topological polar surface area (TPSA) is 76.1 Å². The highest BCUT2D eigenvalue weighted by atomic mass is 19.3. The lowest BCUT2D eigenvalue weighted by Gasteiger charge is -2.14. The van der Waals surface area contributed by atoms with E-state index in [-0.39, 0.29) is 17.7 Å². The molecule has 6 nitrogen and oxygen atoms in total. The molecule has 0 aliphatic heterocycles. The maximum Gasteiger partial charge on any atom is 0.320 e. The van der Waals surface area contributed by atoms with Crippen LogP contribution < -0.4 is 15.4 Å². The first-order valence-electron chi connectivity index (χ1n) is 6.90. The Balaban J connectivity index is 1.91. The van der Waals surface area contributed by atoms with E-state index in [1.165, 1.54) is 12.1 Å². The van der Waals surface area contributed by atoms with Crippen LogP contribution in [0, 0.1) is 0 Å². The fraction of sp³-hybridized carbons (Fsp3) is 0.267. The number of carbonyl (C=O) groups is 1. The molecule has 2 N–H and O–H groups in total. The van der Waals surface area contributed by atoms with Crippen molar-refractivity contribution in [3.05, 3.63) is 48.3 Å². The zero-order valence-corrected chi connectivity index (χ0v) is 12.4. The van der Waals surface area contributed by atoms with Crippen molar-refractivity contribution in [3.8, 4) is 5.88 Å². The predicted molar refractivity (Wildman–Crippen MR) is 80.5 cm³/mol. The number of urea groups is 1. The Morgan fingerprint density at radius 3 is 2.70 bits per heavy atom. The molecular weight excluding hydrogens is 306 g/mol. The summed E-state index contributed by atoms with van der Waals surface area (Å²) in [7, 11) is 0. The highest BCUT2D eigenvalue weighted by Crippen LogP contribution is 2.13. The van der Waals surface area contributed by atoms with Gasteiger partial charge in [-0.3, -0.25) is 10.3 Å². The minimum absolute atomic E-state index is 0.0188. The van der Waals surface area contributed by atoms with Crippen molar-refractivity contribution in [3.63, 3.8) is 0 Å². The largest absolute Gasteiger partial charge is 0.472 e. The minimum Gasteiger partial charge on any atom is -0.472 e. The number of nitrogens with zero attached hydrogens (tertiary/aromatic N) is 2. The molecule has 2 rings (SSSR count). The Hall–Kier alpha value is -2.77. The number of anilines is 1. The van der Waals surface area contributed by atoms with E-state index in [4.69, 9.17) is 4.74 Å². The molecule has 2 aromatic rings. The third-order valence-corrected chi connectivity index (χ3v) is 2.88. The van der Waals surface area contributed by atoms with Crippen molar-refractivity contribution >= 4 is 11.8 Å². The molecule has 2 aromatic heterocycles. The van der Waals surface area contributed by atoms with Crippen LogP contribution in [-0.4, -0.2) is 29.0 Å². The molecule has 122 valence electrons. The monoisotopic (exact) mass is 322 g/mol. The van der Waals surface area contributed by atoms with Gasteiger partial charge in [0.05, 0.1) is 6.04 Å². The van der Waals surface area contributed by atoms with Crippen molar-refractivity contribution in [2.45, 2.75) is 19.4 Å². The highest BCUT2D eigenvalue weighted by Gasteiger charge is 2.10. The summed E-state index contributed by atoms with van der Waals surface area (Å²) in [5.74, 6) is 0.224. The molecule has 0 radical (unpaired) electrons. The van der Waals surface area contributed by atoms with Crippen LogP contribution in [0.15, 0.2) is 42.7 Å². The van der Waals surface area contributed by atoms with Crippen LogP contribution >= 0.6 is 0 Å². The van der Waals surface area contributed by atoms with E-state index in [1.807, 2.05) is 6.92 Å². The van der Waals surface area contributed by atoms with Crippen LogP contribution in [0.5, 0.6) is 5.88 Å². The summed E-state index contributed by atoms with van der Waals surface area (Å²) in [4.78, 5) is 19.8. The van der Waals surface area contributed by atoms with E-state index in [1.54, 1.807) is 30.6 Å². The minimum atomic E-state index is -2.59. The van der Waals surface area contributed by atoms with Gasteiger partial charge in [0.2, 0.25) is 5.88 Å². The van der Waals surface area contributed by atoms with E-state index < -0.39 is 19.1 Å². The van der Waals surface area contributed by atoms with Crippen molar-refractivity contribution in [1.29, 1.82) is 0 Å². The lowest BCUT2D eigenvalue weighted by Crippen LogP contribution is -2.31. The summed E-state index contributed by atoms with van der Waals surface area (Å²) in [5, 5.41) is 5.26. The number of hydrogen-bond donors (Lipinski definition) is 2. The summed E-state index contributed by atoms with van der Waals surface area (Å²) >= 11 is 0. The van der Waals surface area contributed by atoms with Crippen LogP contribution in [0.2, 0.25) is 0 Å². The zero-order chi connectivity index (χ0) is 16.7. The van der Waals surface area contributed by atoms with E-state index in [9.17, 15) is 13.6 Å². The summed E-state index contributed by atoms with van der Waals surface area (Å²) in [5.41, 5.74) is 0.900. The maximum absolute atomic E-state index is 12.1. The Morgan fingerprint density at radius 1 is 1.26 bits per heavy atom. The summed E-state index contributed by atoms with van der Waals surface area (Å²) in [6.45, 7) is 1.08. The molecule has 23 heavy (non-hydrogen) atoms. The lowest BCUT2D eigenvalue weighted by atomic mass is 10.1. The Morgan fingerprint density at radius 2 is 2.00 bits per heavy atom. The normalized spacial score (nSPS) is 11.8. The number of pyridine rings is 2. The van der Waals surface area contributed by atoms with E-state index in [2.05, 4.69) is 20.6 Å². The third-order valence-electron chi connectivity index (χ3n) is 2.88. The third kappa shape index (κ3) is 5.50. The van der Waals surface area contributed by atoms with Gasteiger partial charge in [-0.15, -0.1) is 0 Å². The molecule has 0 saturated heterocycles. The zero-order valence-electron chi connectivity index (χ0n) is 12.4. The molecule has 2 heterocycles. The number of halogens is 2. The number of aromatic nitrogens is 2. The summed E-state index contributed by atoms with van der Waals surface area (Å²) in [6.07, 6.45) is 0.686. The van der Waals surface area contributed by atoms with Crippen LogP contribution in [0.4, 0.5) is 19.4 Å². The number of carbonyl (C=O) groups excluding carboxylic acids is 1. The fourth-order valence-electron chi connectivity index (χ4n) is 1.80. The number of alkyl halides is 2. The molecule has 0 spiro atoms. The van der Waals surface area contributed by atoms with Gasteiger partial charge in [-0.2, -0.15) is 4.98 Å². The highest BCUT2D eigenvalue weighted by molar-refractivity contribution is 5.88. The van der Waals surface area contributed by atoms with Gasteiger partial charge in [-0.1, -0.05) is 6.07 Å². The molecule has 0 aliphatic carbocycles. The molecule has 0 aromatic carbocycles. The molecule has 8 heteroatoms. The first-order valence-corrected chi connectivity index (χ1v) is 6.90. The SMILES string of the molecule is C[C@@H](NC(=O)Nc1cccc(OCC(F)F)n1)c1ccncc1. The van der Waals surface area contributed by atoms with E-state index >= 15 is 0 Å². The molecule has 0 fully saturated rings. The van der Waals surface area contributed by atoms with Crippen LogP contribution in [0.1, 0.15) is 18.5 Å².